The largest absolute Gasteiger partial charge is 0.466 e. The van der Waals surface area contributed by atoms with Crippen molar-refractivity contribution in [2.45, 2.75) is 77.2 Å². The van der Waals surface area contributed by atoms with E-state index in [0.717, 1.165) is 71.2 Å². The third-order valence-electron chi connectivity index (χ3n) is 8.12. The zero-order valence-corrected chi connectivity index (χ0v) is 21.5. The van der Waals surface area contributed by atoms with Gasteiger partial charge in [-0.15, -0.1) is 11.3 Å². The topological polar surface area (TPSA) is 103 Å². The number of hydrogen-bond donors (Lipinski definition) is 1. The molecule has 0 unspecified atom stereocenters. The van der Waals surface area contributed by atoms with E-state index in [2.05, 4.69) is 15.3 Å². The molecule has 36 heavy (non-hydrogen) atoms. The van der Waals surface area contributed by atoms with Crippen LogP contribution in [0.4, 0.5) is 11.5 Å². The molecule has 9 heteroatoms. The Kier molecular flexibility index (Phi) is 5.70. The average Bonchev–Trinajstić information content (AvgIpc) is 3.38. The number of anilines is 2. The summed E-state index contributed by atoms with van der Waals surface area (Å²) < 4.78 is 7.06. The van der Waals surface area contributed by atoms with E-state index >= 15 is 0 Å². The Morgan fingerprint density at radius 3 is 2.83 bits per heavy atom. The molecule has 0 aromatic carbocycles. The van der Waals surface area contributed by atoms with Gasteiger partial charge in [-0.1, -0.05) is 19.3 Å². The number of aryl methyl sites for hydroxylation is 2. The maximum atomic E-state index is 13.8. The second-order valence-electron chi connectivity index (χ2n) is 10.3. The van der Waals surface area contributed by atoms with E-state index in [0.29, 0.717) is 36.6 Å². The molecule has 1 N–H and O–H groups in total. The van der Waals surface area contributed by atoms with Gasteiger partial charge in [0.05, 0.1) is 29.1 Å². The summed E-state index contributed by atoms with van der Waals surface area (Å²) in [5.41, 5.74) is 2.43. The first kappa shape index (κ1) is 23.3. The fraction of sp³-hybridized carbons (Fsp3) is 0.519. The maximum absolute atomic E-state index is 13.8. The van der Waals surface area contributed by atoms with Crippen molar-refractivity contribution in [2.75, 3.05) is 11.9 Å². The molecule has 0 bridgehead atoms. The first-order chi connectivity index (χ1) is 17.4. The van der Waals surface area contributed by atoms with Crippen molar-refractivity contribution in [1.82, 2.24) is 14.5 Å². The quantitative estimate of drug-likeness (QED) is 0.506. The molecule has 1 spiro atoms. The molecule has 0 saturated heterocycles. The van der Waals surface area contributed by atoms with Gasteiger partial charge in [0.25, 0.3) is 5.56 Å². The highest BCUT2D eigenvalue weighted by atomic mass is 32.1. The minimum atomic E-state index is -0.394. The van der Waals surface area contributed by atoms with Crippen LogP contribution in [0.3, 0.4) is 0 Å². The Labute approximate surface area is 213 Å². The molecule has 1 saturated carbocycles. The van der Waals surface area contributed by atoms with E-state index in [9.17, 15) is 14.4 Å². The minimum absolute atomic E-state index is 0.0746. The maximum Gasteiger partial charge on any atom is 0.309 e. The van der Waals surface area contributed by atoms with Crippen LogP contribution in [0.1, 0.15) is 78.4 Å². The highest BCUT2D eigenvalue weighted by Crippen LogP contribution is 2.44. The third kappa shape index (κ3) is 3.58. The SMILES string of the molecule is CCOC(=O)[C@H]1CCc2c(sc3ncnc(Nc4cc(C)c5n(c4=O)C4(CCCCC4)CC5=O)c23)C1. The van der Waals surface area contributed by atoms with Gasteiger partial charge in [0, 0.05) is 11.3 Å². The molecule has 3 aliphatic rings. The lowest BCUT2D eigenvalue weighted by molar-refractivity contribution is -0.148. The molecule has 3 aromatic heterocycles. The van der Waals surface area contributed by atoms with Crippen LogP contribution in [0.25, 0.3) is 10.2 Å². The molecule has 1 fully saturated rings. The average molecular weight is 507 g/mol. The Morgan fingerprint density at radius 2 is 2.06 bits per heavy atom. The molecule has 1 atom stereocenters. The number of pyridine rings is 1. The van der Waals surface area contributed by atoms with E-state index < -0.39 is 5.54 Å². The van der Waals surface area contributed by atoms with Crippen LogP contribution in [-0.2, 0) is 27.9 Å². The number of hydrogen-bond acceptors (Lipinski definition) is 8. The Bertz CT molecular complexity index is 1450. The smallest absolute Gasteiger partial charge is 0.309 e. The molecule has 8 nitrogen and oxygen atoms in total. The van der Waals surface area contributed by atoms with Crippen molar-refractivity contribution in [3.63, 3.8) is 0 Å². The first-order valence-electron chi connectivity index (χ1n) is 12.9. The molecular weight excluding hydrogens is 476 g/mol. The van der Waals surface area contributed by atoms with Crippen LogP contribution >= 0.6 is 11.3 Å². The fourth-order valence-corrected chi connectivity index (χ4v) is 7.76. The molecule has 0 radical (unpaired) electrons. The van der Waals surface area contributed by atoms with Crippen LogP contribution in [0.2, 0.25) is 0 Å². The molecular formula is C27H30N4O4S. The number of thiophene rings is 1. The van der Waals surface area contributed by atoms with E-state index in [1.165, 1.54) is 6.33 Å². The van der Waals surface area contributed by atoms with Gasteiger partial charge in [-0.25, -0.2) is 9.97 Å². The summed E-state index contributed by atoms with van der Waals surface area (Å²) in [4.78, 5) is 50.1. The van der Waals surface area contributed by atoms with E-state index in [4.69, 9.17) is 4.74 Å². The minimum Gasteiger partial charge on any atom is -0.466 e. The number of carbonyl (C=O) groups is 2. The normalized spacial score (nSPS) is 20.4. The Morgan fingerprint density at radius 1 is 1.25 bits per heavy atom. The number of carbonyl (C=O) groups excluding carboxylic acids is 2. The van der Waals surface area contributed by atoms with Gasteiger partial charge in [-0.05, 0) is 63.1 Å². The molecule has 4 heterocycles. The van der Waals surface area contributed by atoms with Gasteiger partial charge in [0.15, 0.2) is 5.78 Å². The van der Waals surface area contributed by atoms with Crippen molar-refractivity contribution in [2.24, 2.45) is 5.92 Å². The molecule has 2 aliphatic carbocycles. The van der Waals surface area contributed by atoms with Gasteiger partial charge in [0.1, 0.15) is 22.7 Å². The summed E-state index contributed by atoms with van der Waals surface area (Å²) in [6, 6.07) is 1.79. The van der Waals surface area contributed by atoms with E-state index in [1.54, 1.807) is 22.0 Å². The lowest BCUT2D eigenvalue weighted by Crippen LogP contribution is -2.40. The standard InChI is InChI=1S/C27H30N4O4S/c1-3-35-26(34)16-7-8-17-20(12-16)36-24-21(17)23(28-14-29-24)30-18-11-15(2)22-19(32)13-27(31(22)25(18)33)9-5-4-6-10-27/h11,14,16H,3-10,12-13H2,1-2H3,(H,28,29,30)/t16-/m0/s1. The highest BCUT2D eigenvalue weighted by Gasteiger charge is 2.45. The van der Waals surface area contributed by atoms with Crippen LogP contribution in [0.5, 0.6) is 0 Å². The summed E-state index contributed by atoms with van der Waals surface area (Å²) >= 11 is 1.58. The van der Waals surface area contributed by atoms with Gasteiger partial charge in [-0.2, -0.15) is 0 Å². The van der Waals surface area contributed by atoms with Crippen molar-refractivity contribution < 1.29 is 14.3 Å². The highest BCUT2D eigenvalue weighted by molar-refractivity contribution is 7.19. The van der Waals surface area contributed by atoms with Crippen LogP contribution < -0.4 is 10.9 Å². The van der Waals surface area contributed by atoms with Gasteiger partial charge >= 0.3 is 5.97 Å². The van der Waals surface area contributed by atoms with Crippen molar-refractivity contribution >= 4 is 44.8 Å². The van der Waals surface area contributed by atoms with Crippen LogP contribution in [0, 0.1) is 12.8 Å². The second-order valence-corrected chi connectivity index (χ2v) is 11.4. The van der Waals surface area contributed by atoms with Gasteiger partial charge < -0.3 is 10.1 Å². The first-order valence-corrected chi connectivity index (χ1v) is 13.7. The zero-order valence-electron chi connectivity index (χ0n) is 20.7. The number of nitrogens with one attached hydrogen (secondary N) is 1. The number of ketones is 1. The number of Topliss-reactive ketones (excluding diaryl/α,β-unsaturated/α-hetero) is 1. The monoisotopic (exact) mass is 506 g/mol. The molecule has 6 rings (SSSR count). The van der Waals surface area contributed by atoms with E-state index in [1.807, 2.05) is 13.8 Å². The summed E-state index contributed by atoms with van der Waals surface area (Å²) in [6.07, 6.45) is 8.99. The number of rotatable bonds is 4. The predicted molar refractivity (Wildman–Crippen MR) is 138 cm³/mol. The molecule has 3 aromatic rings. The number of esters is 1. The molecule has 0 amide bonds. The molecule has 188 valence electrons. The number of fused-ring (bicyclic) bond motifs is 5. The zero-order chi connectivity index (χ0) is 25.0. The van der Waals surface area contributed by atoms with Gasteiger partial charge in [-0.3, -0.25) is 19.0 Å². The van der Waals surface area contributed by atoms with Gasteiger partial charge in [0.2, 0.25) is 0 Å². The fourth-order valence-electron chi connectivity index (χ4n) is 6.50. The summed E-state index contributed by atoms with van der Waals surface area (Å²) in [6.45, 7) is 4.12. The van der Waals surface area contributed by atoms with Crippen molar-refractivity contribution in [3.05, 3.63) is 44.4 Å². The second kappa shape index (κ2) is 8.80. The van der Waals surface area contributed by atoms with Crippen LogP contribution in [0.15, 0.2) is 17.2 Å². The van der Waals surface area contributed by atoms with Crippen molar-refractivity contribution in [3.8, 4) is 0 Å². The summed E-state index contributed by atoms with van der Waals surface area (Å²) in [5, 5.41) is 4.25. The molecule has 1 aliphatic heterocycles. The van der Waals surface area contributed by atoms with E-state index in [-0.39, 0.29) is 23.2 Å². The lowest BCUT2D eigenvalue weighted by Gasteiger charge is -2.35. The Hall–Kier alpha value is -3.07. The van der Waals surface area contributed by atoms with Crippen molar-refractivity contribution in [1.29, 1.82) is 0 Å². The number of aromatic nitrogens is 3. The predicted octanol–water partition coefficient (Wildman–Crippen LogP) is 4.82. The Balaban J connectivity index is 1.40. The lowest BCUT2D eigenvalue weighted by atomic mass is 9.80. The number of ether oxygens (including phenoxy) is 1. The third-order valence-corrected chi connectivity index (χ3v) is 9.28. The number of nitrogens with zero attached hydrogens (tertiary/aromatic N) is 3. The van der Waals surface area contributed by atoms with Crippen LogP contribution in [-0.4, -0.2) is 32.9 Å². The summed E-state index contributed by atoms with van der Waals surface area (Å²) in [7, 11) is 0. The summed E-state index contributed by atoms with van der Waals surface area (Å²) in [5.74, 6) is 0.401.